The molecule has 0 bridgehead atoms. The minimum Gasteiger partial charge on any atom is -0.250 e. The average molecular weight is 151 g/mol. The average Bonchev–Trinajstić information content (AvgIpc) is 2.33. The number of aliphatic imine (C=N–C) groups is 1. The van der Waals surface area contributed by atoms with Gasteiger partial charge in [0, 0.05) is 6.21 Å². The van der Waals surface area contributed by atoms with Crippen LogP contribution in [0, 0.1) is 5.92 Å². The van der Waals surface area contributed by atoms with Gasteiger partial charge >= 0.3 is 0 Å². The lowest BCUT2D eigenvalue weighted by atomic mass is 10.0. The minimum absolute atomic E-state index is 0.627. The molecule has 0 aliphatic carbocycles. The first kappa shape index (κ1) is 6.10. The third kappa shape index (κ3) is 0.886. The van der Waals surface area contributed by atoms with Gasteiger partial charge in [0.25, 0.3) is 0 Å². The molecule has 1 unspecified atom stereocenters. The fraction of sp³-hybridized carbons (Fsp3) is 0.375. The Hall–Kier alpha value is -0.630. The van der Waals surface area contributed by atoms with Crippen molar-refractivity contribution in [1.82, 2.24) is 0 Å². The lowest BCUT2D eigenvalue weighted by Gasteiger charge is -2.09. The monoisotopic (exact) mass is 151 g/mol. The van der Waals surface area contributed by atoms with Crippen LogP contribution in [0.25, 0.3) is 0 Å². The number of thiophene rings is 1. The van der Waals surface area contributed by atoms with Crippen molar-refractivity contribution in [3.8, 4) is 0 Å². The summed E-state index contributed by atoms with van der Waals surface area (Å²) >= 11 is 1.73. The first-order valence-electron chi connectivity index (χ1n) is 3.47. The third-order valence-electron chi connectivity index (χ3n) is 1.71. The van der Waals surface area contributed by atoms with E-state index in [9.17, 15) is 0 Å². The van der Waals surface area contributed by atoms with E-state index in [-0.39, 0.29) is 0 Å². The molecule has 52 valence electrons. The number of hydrogen-bond donors (Lipinski definition) is 0. The number of fused-ring (bicyclic) bond motifs is 1. The number of rotatable bonds is 0. The quantitative estimate of drug-likeness (QED) is 0.540. The molecule has 1 nitrogen and oxygen atoms in total. The topological polar surface area (TPSA) is 12.4 Å². The SMILES string of the molecule is CC1C=Nc2sccc2C1. The van der Waals surface area contributed by atoms with Gasteiger partial charge in [0.15, 0.2) is 0 Å². The van der Waals surface area contributed by atoms with Crippen molar-refractivity contribution in [2.24, 2.45) is 10.9 Å². The maximum absolute atomic E-state index is 4.33. The fourth-order valence-corrected chi connectivity index (χ4v) is 1.98. The molecular weight excluding hydrogens is 142 g/mol. The van der Waals surface area contributed by atoms with Crippen molar-refractivity contribution in [2.45, 2.75) is 13.3 Å². The van der Waals surface area contributed by atoms with Crippen LogP contribution in [0.3, 0.4) is 0 Å². The Kier molecular flexibility index (Phi) is 1.34. The zero-order chi connectivity index (χ0) is 6.97. The molecule has 10 heavy (non-hydrogen) atoms. The fourth-order valence-electron chi connectivity index (χ4n) is 1.19. The van der Waals surface area contributed by atoms with E-state index in [1.807, 2.05) is 6.21 Å². The Morgan fingerprint density at radius 3 is 3.50 bits per heavy atom. The van der Waals surface area contributed by atoms with Crippen LogP contribution in [0.2, 0.25) is 0 Å². The normalized spacial score (nSPS) is 22.7. The van der Waals surface area contributed by atoms with Gasteiger partial charge in [0.05, 0.1) is 0 Å². The largest absolute Gasteiger partial charge is 0.250 e. The second-order valence-electron chi connectivity index (χ2n) is 2.71. The van der Waals surface area contributed by atoms with Crippen LogP contribution in [-0.2, 0) is 6.42 Å². The molecular formula is C8H9NS. The van der Waals surface area contributed by atoms with Crippen molar-refractivity contribution in [2.75, 3.05) is 0 Å². The van der Waals surface area contributed by atoms with E-state index in [2.05, 4.69) is 23.4 Å². The lowest BCUT2D eigenvalue weighted by molar-refractivity contribution is 0.775. The molecule has 0 aromatic carbocycles. The maximum Gasteiger partial charge on any atom is 0.118 e. The van der Waals surface area contributed by atoms with Gasteiger partial charge in [-0.15, -0.1) is 11.3 Å². The summed E-state index contributed by atoms with van der Waals surface area (Å²) in [5.41, 5.74) is 1.42. The van der Waals surface area contributed by atoms with Gasteiger partial charge in [-0.1, -0.05) is 6.92 Å². The summed E-state index contributed by atoms with van der Waals surface area (Å²) in [6, 6.07) is 2.17. The summed E-state index contributed by atoms with van der Waals surface area (Å²) in [6.07, 6.45) is 3.21. The molecule has 0 radical (unpaired) electrons. The van der Waals surface area contributed by atoms with Crippen molar-refractivity contribution >= 4 is 22.6 Å². The summed E-state index contributed by atoms with van der Waals surface area (Å²) in [5, 5.41) is 3.32. The van der Waals surface area contributed by atoms with Gasteiger partial charge in [-0.05, 0) is 29.3 Å². The Morgan fingerprint density at radius 1 is 1.70 bits per heavy atom. The molecule has 1 aliphatic rings. The first-order chi connectivity index (χ1) is 4.86. The third-order valence-corrected chi connectivity index (χ3v) is 2.57. The Balaban J connectivity index is 2.43. The molecule has 0 N–H and O–H groups in total. The van der Waals surface area contributed by atoms with Crippen molar-refractivity contribution < 1.29 is 0 Å². The van der Waals surface area contributed by atoms with E-state index in [0.29, 0.717) is 5.92 Å². The molecule has 0 spiro atoms. The van der Waals surface area contributed by atoms with E-state index >= 15 is 0 Å². The van der Waals surface area contributed by atoms with Gasteiger partial charge in [-0.3, -0.25) is 0 Å². The standard InChI is InChI=1S/C8H9NS/c1-6-4-7-2-3-10-8(7)9-5-6/h2-3,5-6H,4H2,1H3. The summed E-state index contributed by atoms with van der Waals surface area (Å²) in [7, 11) is 0. The smallest absolute Gasteiger partial charge is 0.118 e. The van der Waals surface area contributed by atoms with Crippen LogP contribution in [0.15, 0.2) is 16.4 Å². The van der Waals surface area contributed by atoms with Gasteiger partial charge in [-0.2, -0.15) is 0 Å². The molecule has 2 heterocycles. The predicted molar refractivity (Wildman–Crippen MR) is 45.3 cm³/mol. The van der Waals surface area contributed by atoms with Gasteiger partial charge < -0.3 is 0 Å². The molecule has 1 aliphatic heterocycles. The van der Waals surface area contributed by atoms with Crippen LogP contribution in [0.5, 0.6) is 0 Å². The second-order valence-corrected chi connectivity index (χ2v) is 3.61. The van der Waals surface area contributed by atoms with Gasteiger partial charge in [0.2, 0.25) is 0 Å². The van der Waals surface area contributed by atoms with Gasteiger partial charge in [0.1, 0.15) is 5.00 Å². The zero-order valence-corrected chi connectivity index (χ0v) is 6.69. The van der Waals surface area contributed by atoms with Gasteiger partial charge in [-0.25, -0.2) is 4.99 Å². The van der Waals surface area contributed by atoms with E-state index in [1.54, 1.807) is 11.3 Å². The van der Waals surface area contributed by atoms with Crippen molar-refractivity contribution in [1.29, 1.82) is 0 Å². The van der Waals surface area contributed by atoms with Crippen molar-refractivity contribution in [3.05, 3.63) is 17.0 Å². The summed E-state index contributed by atoms with van der Waals surface area (Å²) in [5.74, 6) is 0.627. The van der Waals surface area contributed by atoms with Crippen LogP contribution >= 0.6 is 11.3 Å². The summed E-state index contributed by atoms with van der Waals surface area (Å²) in [6.45, 7) is 2.20. The molecule has 0 saturated heterocycles. The molecule has 1 aromatic rings. The first-order valence-corrected chi connectivity index (χ1v) is 4.35. The molecule has 1 atom stereocenters. The van der Waals surface area contributed by atoms with Crippen LogP contribution < -0.4 is 0 Å². The Labute approximate surface area is 64.4 Å². The molecule has 0 fully saturated rings. The van der Waals surface area contributed by atoms with Crippen LogP contribution in [0.1, 0.15) is 12.5 Å². The molecule has 0 amide bonds. The molecule has 2 heteroatoms. The van der Waals surface area contributed by atoms with Crippen molar-refractivity contribution in [3.63, 3.8) is 0 Å². The zero-order valence-electron chi connectivity index (χ0n) is 5.87. The number of hydrogen-bond acceptors (Lipinski definition) is 2. The Bertz CT molecular complexity index is 262. The van der Waals surface area contributed by atoms with E-state index in [0.717, 1.165) is 0 Å². The van der Waals surface area contributed by atoms with E-state index in [4.69, 9.17) is 0 Å². The van der Waals surface area contributed by atoms with Crippen LogP contribution in [-0.4, -0.2) is 6.21 Å². The molecule has 0 saturated carbocycles. The molecule has 1 aromatic heterocycles. The number of nitrogens with zero attached hydrogens (tertiary/aromatic N) is 1. The van der Waals surface area contributed by atoms with E-state index in [1.165, 1.54) is 17.0 Å². The summed E-state index contributed by atoms with van der Waals surface area (Å²) < 4.78 is 0. The highest BCUT2D eigenvalue weighted by Gasteiger charge is 2.10. The highest BCUT2D eigenvalue weighted by Crippen LogP contribution is 2.31. The maximum atomic E-state index is 4.33. The summed E-state index contributed by atoms with van der Waals surface area (Å²) in [4.78, 5) is 4.33. The second kappa shape index (κ2) is 2.20. The van der Waals surface area contributed by atoms with E-state index < -0.39 is 0 Å². The predicted octanol–water partition coefficient (Wildman–Crippen LogP) is 2.64. The lowest BCUT2D eigenvalue weighted by Crippen LogP contribution is -2.03. The highest BCUT2D eigenvalue weighted by atomic mass is 32.1. The van der Waals surface area contributed by atoms with Crippen LogP contribution in [0.4, 0.5) is 5.00 Å². The highest BCUT2D eigenvalue weighted by molar-refractivity contribution is 7.14. The minimum atomic E-state index is 0.627. The Morgan fingerprint density at radius 2 is 2.60 bits per heavy atom. The molecule has 2 rings (SSSR count).